The molecule has 0 aliphatic carbocycles. The molecule has 1 rings (SSSR count). The van der Waals surface area contributed by atoms with E-state index in [1.165, 1.54) is 13.1 Å². The van der Waals surface area contributed by atoms with E-state index >= 15 is 0 Å². The van der Waals surface area contributed by atoms with Crippen LogP contribution in [0.2, 0.25) is 0 Å². The molecule has 1 N–H and O–H groups in total. The number of allylic oxidation sites excluding steroid dienone is 2. The number of nitrogens with one attached hydrogen (secondary N) is 1. The van der Waals surface area contributed by atoms with Gasteiger partial charge in [0.05, 0.1) is 4.92 Å². The number of piperidine rings is 1. The summed E-state index contributed by atoms with van der Waals surface area (Å²) in [5, 5.41) is 13.8. The summed E-state index contributed by atoms with van der Waals surface area (Å²) in [4.78, 5) is 28.2. The number of ether oxygens (including phenoxy) is 1. The second-order valence-corrected chi connectivity index (χ2v) is 7.36. The van der Waals surface area contributed by atoms with Crippen molar-refractivity contribution in [3.63, 3.8) is 0 Å². The van der Waals surface area contributed by atoms with E-state index in [9.17, 15) is 14.9 Å². The number of carbonyl (C=O) groups excluding carboxylic acids is 1. The van der Waals surface area contributed by atoms with Crippen molar-refractivity contribution in [2.24, 2.45) is 4.99 Å². The maximum atomic E-state index is 12.0. The molecular formula is C16H26ClN4O4+. The van der Waals surface area contributed by atoms with Gasteiger partial charge in [0.2, 0.25) is 5.38 Å². The monoisotopic (exact) mass is 373 g/mol. The zero-order chi connectivity index (χ0) is 19.2. The minimum Gasteiger partial charge on any atom is -0.444 e. The van der Waals surface area contributed by atoms with Gasteiger partial charge in [-0.05, 0) is 33.6 Å². The number of amides is 1. The number of likely N-dealkylation sites (tertiary alicyclic amines) is 1. The zero-order valence-corrected chi connectivity index (χ0v) is 15.8. The van der Waals surface area contributed by atoms with Gasteiger partial charge in [-0.1, -0.05) is 0 Å². The number of hydrogen-bond acceptors (Lipinski definition) is 6. The van der Waals surface area contributed by atoms with E-state index in [1.54, 1.807) is 26.8 Å². The Morgan fingerprint density at radius 1 is 1.52 bits per heavy atom. The first-order valence-corrected chi connectivity index (χ1v) is 8.40. The third-order valence-electron chi connectivity index (χ3n) is 3.57. The average Bonchev–Trinajstić information content (AvgIpc) is 2.48. The number of carbonyl (C=O) groups is 1. The lowest BCUT2D eigenvalue weighted by Crippen LogP contribution is -2.54. The number of nitro groups is 1. The molecule has 0 spiro atoms. The molecule has 0 aromatic heterocycles. The highest BCUT2D eigenvalue weighted by Gasteiger charge is 2.36. The second kappa shape index (κ2) is 8.84. The van der Waals surface area contributed by atoms with Gasteiger partial charge in [-0.3, -0.25) is 15.1 Å². The summed E-state index contributed by atoms with van der Waals surface area (Å²) in [6.07, 6.45) is 3.01. The Labute approximate surface area is 152 Å². The van der Waals surface area contributed by atoms with Crippen molar-refractivity contribution < 1.29 is 26.1 Å². The molecule has 1 heterocycles. The van der Waals surface area contributed by atoms with Crippen LogP contribution in [-0.4, -0.2) is 52.7 Å². The quantitative estimate of drug-likeness (QED) is 0.261. The van der Waals surface area contributed by atoms with Gasteiger partial charge in [-0.2, -0.15) is 0 Å². The summed E-state index contributed by atoms with van der Waals surface area (Å²) >= 11 is 5.42. The fourth-order valence-corrected chi connectivity index (χ4v) is 2.68. The molecule has 25 heavy (non-hydrogen) atoms. The normalized spacial score (nSPS) is 22.4. The van der Waals surface area contributed by atoms with Gasteiger partial charge in [0.15, 0.2) is 0 Å². The van der Waals surface area contributed by atoms with Crippen LogP contribution in [0.1, 0.15) is 34.1 Å². The molecule has 2 atom stereocenters. The molecule has 1 aliphatic heterocycles. The standard InChI is InChI=1S/C16H25ClN4O4/c1-11(21(23)24)14(6-8-18-5)20-9-7-12(17)13(10-20)19-15(22)25-16(2,3)4/h6,8,12-13,17H,5,7,9-10H2,1-4H3/p+1/b8-6-,14-11-. The molecule has 1 saturated heterocycles. The number of alkyl halides is 1. The predicted octanol–water partition coefficient (Wildman–Crippen LogP) is 1.96. The fourth-order valence-electron chi connectivity index (χ4n) is 2.42. The smallest absolute Gasteiger partial charge is 0.408 e. The molecule has 0 radical (unpaired) electrons. The second-order valence-electron chi connectivity index (χ2n) is 6.75. The Morgan fingerprint density at radius 3 is 2.68 bits per heavy atom. The van der Waals surface area contributed by atoms with Crippen LogP contribution in [0, 0.1) is 21.7 Å². The molecule has 140 valence electrons. The molecule has 8 nitrogen and oxygen atoms in total. The Hall–Kier alpha value is -2.09. The summed E-state index contributed by atoms with van der Waals surface area (Å²) in [5.41, 5.74) is -0.185. The van der Waals surface area contributed by atoms with E-state index in [4.69, 9.17) is 16.3 Å². The zero-order valence-electron chi connectivity index (χ0n) is 15.0. The van der Waals surface area contributed by atoms with Crippen molar-refractivity contribution >= 4 is 12.8 Å². The van der Waals surface area contributed by atoms with Gasteiger partial charge >= 0.3 is 6.09 Å². The molecule has 1 amide bonds. The fraction of sp³-hybridized carbons (Fsp3) is 0.625. The first-order valence-electron chi connectivity index (χ1n) is 7.93. The van der Waals surface area contributed by atoms with Crippen LogP contribution in [0.4, 0.5) is 4.79 Å². The van der Waals surface area contributed by atoms with Crippen molar-refractivity contribution in [1.82, 2.24) is 10.2 Å². The molecule has 0 aromatic rings. The minimum absolute atomic E-state index is 0.00117. The van der Waals surface area contributed by atoms with Crippen molar-refractivity contribution in [1.29, 1.82) is 0 Å². The van der Waals surface area contributed by atoms with E-state index in [0.29, 0.717) is 25.2 Å². The Balaban J connectivity index is 2.94. The highest BCUT2D eigenvalue weighted by atomic mass is 35.5. The van der Waals surface area contributed by atoms with Crippen LogP contribution in [-0.2, 0) is 4.74 Å². The van der Waals surface area contributed by atoms with E-state index in [0.717, 1.165) is 0 Å². The van der Waals surface area contributed by atoms with E-state index < -0.39 is 16.6 Å². The highest BCUT2D eigenvalue weighted by molar-refractivity contribution is 5.68. The van der Waals surface area contributed by atoms with Gasteiger partial charge in [0, 0.05) is 32.6 Å². The van der Waals surface area contributed by atoms with Gasteiger partial charge in [-0.25, -0.2) is 4.79 Å². The Bertz CT molecular complexity index is 583. The Kier molecular flexibility index (Phi) is 7.41. The van der Waals surface area contributed by atoms with Crippen LogP contribution in [0.25, 0.3) is 0 Å². The lowest BCUT2D eigenvalue weighted by molar-refractivity contribution is -0.433. The number of rotatable bonds is 5. The first kappa shape index (κ1) is 21.0. The molecule has 9 heteroatoms. The summed E-state index contributed by atoms with van der Waals surface area (Å²) < 4.78 is 5.26. The first-order chi connectivity index (χ1) is 11.5. The average molecular weight is 374 g/mol. The molecular weight excluding hydrogens is 348 g/mol. The van der Waals surface area contributed by atoms with Crippen molar-refractivity contribution in [3.8, 4) is 0 Å². The van der Waals surface area contributed by atoms with Gasteiger partial charge in [0.25, 0.3) is 5.70 Å². The van der Waals surface area contributed by atoms with Gasteiger partial charge < -0.3 is 15.0 Å². The Morgan fingerprint density at radius 2 is 2.16 bits per heavy atom. The van der Waals surface area contributed by atoms with Gasteiger partial charge in [-0.15, -0.1) is 0 Å². The summed E-state index contributed by atoms with van der Waals surface area (Å²) in [6.45, 7) is 11.0. The molecule has 2 unspecified atom stereocenters. The number of halogens is 1. The number of hydrogen-bond donors (Lipinski definition) is 1. The molecule has 1 fully saturated rings. The van der Waals surface area contributed by atoms with Crippen LogP contribution in [0.3, 0.4) is 0 Å². The number of nitrogens with zero attached hydrogens (tertiary/aromatic N) is 3. The summed E-state index contributed by atoms with van der Waals surface area (Å²) in [6, 6.07) is -0.349. The lowest BCUT2D eigenvalue weighted by atomic mass is 10.0. The van der Waals surface area contributed by atoms with Crippen LogP contribution in [0.5, 0.6) is 0 Å². The van der Waals surface area contributed by atoms with E-state index in [2.05, 4.69) is 17.0 Å². The van der Waals surface area contributed by atoms with E-state index in [1.807, 2.05) is 4.90 Å². The summed E-state index contributed by atoms with van der Waals surface area (Å²) in [5.74, 6) is 0. The van der Waals surface area contributed by atoms with Crippen molar-refractivity contribution in [2.45, 2.75) is 51.1 Å². The van der Waals surface area contributed by atoms with Crippen LogP contribution < -0.4 is 5.32 Å². The summed E-state index contributed by atoms with van der Waals surface area (Å²) in [7, 11) is 0. The maximum absolute atomic E-state index is 12.0. The van der Waals surface area contributed by atoms with Crippen LogP contribution >= 0.6 is 0 Å². The van der Waals surface area contributed by atoms with E-state index in [-0.39, 0.29) is 17.1 Å². The number of alkyl carbamates (subject to hydrolysis) is 1. The molecule has 0 bridgehead atoms. The SMILES string of the molecule is C=N/C=C\C(=C(/C)[N+](=O)[O-])N1CCC([ClH+])C(NC(=O)OC(C)(C)C)C1. The predicted molar refractivity (Wildman–Crippen MR) is 92.9 cm³/mol. The van der Waals surface area contributed by atoms with Crippen molar-refractivity contribution in [3.05, 3.63) is 33.8 Å². The topological polar surface area (TPSA) is 97.1 Å². The maximum Gasteiger partial charge on any atom is 0.408 e. The lowest BCUT2D eigenvalue weighted by Gasteiger charge is -2.35. The van der Waals surface area contributed by atoms with Crippen molar-refractivity contribution in [2.75, 3.05) is 13.1 Å². The molecule has 0 aromatic carbocycles. The molecule has 1 aliphatic rings. The number of aliphatic imine (C=N–C) groups is 1. The third kappa shape index (κ3) is 6.74. The molecule has 0 saturated carbocycles. The minimum atomic E-state index is -0.610. The largest absolute Gasteiger partial charge is 0.444 e. The van der Waals surface area contributed by atoms with Gasteiger partial charge in [0.1, 0.15) is 28.9 Å². The highest BCUT2D eigenvalue weighted by Crippen LogP contribution is 2.21. The third-order valence-corrected chi connectivity index (χ3v) is 4.14. The van der Waals surface area contributed by atoms with Crippen LogP contribution in [0.15, 0.2) is 28.7 Å².